The summed E-state index contributed by atoms with van der Waals surface area (Å²) in [5, 5.41) is 9.30. The van der Waals surface area contributed by atoms with Crippen molar-refractivity contribution >= 4 is 6.09 Å². The summed E-state index contributed by atoms with van der Waals surface area (Å²) in [7, 11) is 0. The first-order valence-corrected chi connectivity index (χ1v) is 7.24. The summed E-state index contributed by atoms with van der Waals surface area (Å²) in [6, 6.07) is 3.78. The first-order chi connectivity index (χ1) is 10.0. The van der Waals surface area contributed by atoms with E-state index >= 15 is 0 Å². The average molecular weight is 312 g/mol. The fourth-order valence-electron chi connectivity index (χ4n) is 2.13. The standard InChI is InChI=1S/C16H25FN2O3/c1-10(9-19(15(20)21)16(3,4)5)22-14-7-6-12(17)8-13(14)11(2)18/h6-8,10-11H,9,18H2,1-5H3,(H,20,21)/t10-,11+/m0/s1. The summed E-state index contributed by atoms with van der Waals surface area (Å²) in [5.74, 6) is 0.0947. The predicted octanol–water partition coefficient (Wildman–Crippen LogP) is 3.39. The maximum atomic E-state index is 13.3. The van der Waals surface area contributed by atoms with Gasteiger partial charge < -0.3 is 15.6 Å². The lowest BCUT2D eigenvalue weighted by atomic mass is 10.1. The van der Waals surface area contributed by atoms with E-state index < -0.39 is 17.7 Å². The van der Waals surface area contributed by atoms with Gasteiger partial charge in [0.25, 0.3) is 0 Å². The van der Waals surface area contributed by atoms with Gasteiger partial charge in [-0.05, 0) is 52.8 Å². The lowest BCUT2D eigenvalue weighted by Crippen LogP contribution is -2.49. The number of hydrogen-bond donors (Lipinski definition) is 2. The Labute approximate surface area is 130 Å². The van der Waals surface area contributed by atoms with Crippen molar-refractivity contribution in [3.63, 3.8) is 0 Å². The second-order valence-corrected chi connectivity index (χ2v) is 6.46. The average Bonchev–Trinajstić information content (AvgIpc) is 2.36. The minimum Gasteiger partial charge on any atom is -0.489 e. The minimum atomic E-state index is -1.01. The van der Waals surface area contributed by atoms with Gasteiger partial charge >= 0.3 is 6.09 Å². The Kier molecular flexibility index (Phi) is 5.77. The van der Waals surface area contributed by atoms with E-state index in [4.69, 9.17) is 10.5 Å². The van der Waals surface area contributed by atoms with Crippen molar-refractivity contribution in [3.8, 4) is 5.75 Å². The number of halogens is 1. The molecule has 0 unspecified atom stereocenters. The molecule has 0 fully saturated rings. The molecular weight excluding hydrogens is 287 g/mol. The van der Waals surface area contributed by atoms with E-state index in [0.29, 0.717) is 11.3 Å². The van der Waals surface area contributed by atoms with E-state index in [-0.39, 0.29) is 18.4 Å². The molecule has 0 aliphatic rings. The number of carboxylic acid groups (broad SMARTS) is 1. The summed E-state index contributed by atoms with van der Waals surface area (Å²) >= 11 is 0. The monoisotopic (exact) mass is 312 g/mol. The van der Waals surface area contributed by atoms with E-state index in [9.17, 15) is 14.3 Å². The third-order valence-electron chi connectivity index (χ3n) is 3.27. The summed E-state index contributed by atoms with van der Waals surface area (Å²) in [4.78, 5) is 12.7. The van der Waals surface area contributed by atoms with E-state index in [1.807, 2.05) is 20.8 Å². The molecule has 0 aromatic heterocycles. The summed E-state index contributed by atoms with van der Waals surface area (Å²) in [5.41, 5.74) is 5.85. The van der Waals surface area contributed by atoms with E-state index in [2.05, 4.69) is 0 Å². The van der Waals surface area contributed by atoms with Gasteiger partial charge in [0, 0.05) is 17.1 Å². The van der Waals surface area contributed by atoms with Crippen LogP contribution in [0.2, 0.25) is 0 Å². The lowest BCUT2D eigenvalue weighted by molar-refractivity contribution is 0.0692. The highest BCUT2D eigenvalue weighted by atomic mass is 19.1. The summed E-state index contributed by atoms with van der Waals surface area (Å²) in [6.07, 6.45) is -1.40. The molecule has 0 saturated heterocycles. The smallest absolute Gasteiger partial charge is 0.407 e. The fraction of sp³-hybridized carbons (Fsp3) is 0.562. The molecule has 0 aliphatic heterocycles. The van der Waals surface area contributed by atoms with E-state index in [0.717, 1.165) is 0 Å². The van der Waals surface area contributed by atoms with E-state index in [1.54, 1.807) is 13.8 Å². The van der Waals surface area contributed by atoms with Crippen molar-refractivity contribution in [2.24, 2.45) is 5.73 Å². The summed E-state index contributed by atoms with van der Waals surface area (Å²) in [6.45, 7) is 9.17. The second kappa shape index (κ2) is 6.96. The third-order valence-corrected chi connectivity index (χ3v) is 3.27. The highest BCUT2D eigenvalue weighted by molar-refractivity contribution is 5.66. The molecule has 1 aromatic rings. The SMILES string of the molecule is C[C@@H](CN(C(=O)O)C(C)(C)C)Oc1ccc(F)cc1[C@@H](C)N. The molecule has 1 aromatic carbocycles. The molecule has 1 rings (SSSR count). The highest BCUT2D eigenvalue weighted by Crippen LogP contribution is 2.26. The van der Waals surface area contributed by atoms with Gasteiger partial charge in [-0.1, -0.05) is 0 Å². The Hall–Kier alpha value is -1.82. The molecule has 0 saturated carbocycles. The molecule has 0 spiro atoms. The Morgan fingerprint density at radius 2 is 2.00 bits per heavy atom. The largest absolute Gasteiger partial charge is 0.489 e. The van der Waals surface area contributed by atoms with E-state index in [1.165, 1.54) is 23.1 Å². The molecule has 5 nitrogen and oxygen atoms in total. The Bertz CT molecular complexity index is 527. The molecule has 6 heteroatoms. The number of amides is 1. The van der Waals surface area contributed by atoms with Gasteiger partial charge in [0.05, 0.1) is 6.54 Å². The van der Waals surface area contributed by atoms with Crippen molar-refractivity contribution in [1.82, 2.24) is 4.90 Å². The van der Waals surface area contributed by atoms with Crippen molar-refractivity contribution in [2.45, 2.75) is 52.3 Å². The van der Waals surface area contributed by atoms with Gasteiger partial charge in [-0.2, -0.15) is 0 Å². The molecule has 0 heterocycles. The Balaban J connectivity index is 2.89. The molecule has 2 atom stereocenters. The van der Waals surface area contributed by atoms with Crippen LogP contribution in [0.4, 0.5) is 9.18 Å². The number of ether oxygens (including phenoxy) is 1. The maximum absolute atomic E-state index is 13.3. The lowest BCUT2D eigenvalue weighted by Gasteiger charge is -2.35. The van der Waals surface area contributed by atoms with Crippen LogP contribution in [-0.2, 0) is 0 Å². The van der Waals surface area contributed by atoms with Crippen molar-refractivity contribution in [3.05, 3.63) is 29.6 Å². The molecule has 1 amide bonds. The Morgan fingerprint density at radius 3 is 2.45 bits per heavy atom. The molecule has 0 aliphatic carbocycles. The van der Waals surface area contributed by atoms with Crippen LogP contribution in [0.15, 0.2) is 18.2 Å². The molecule has 0 bridgehead atoms. The van der Waals surface area contributed by atoms with Gasteiger partial charge in [-0.3, -0.25) is 4.90 Å². The fourth-order valence-corrected chi connectivity index (χ4v) is 2.13. The zero-order chi connectivity index (χ0) is 17.1. The molecule has 22 heavy (non-hydrogen) atoms. The van der Waals surface area contributed by atoms with Crippen LogP contribution >= 0.6 is 0 Å². The number of benzene rings is 1. The van der Waals surface area contributed by atoms with Crippen LogP contribution in [0, 0.1) is 5.82 Å². The van der Waals surface area contributed by atoms with Gasteiger partial charge in [0.1, 0.15) is 17.7 Å². The number of nitrogens with zero attached hydrogens (tertiary/aromatic N) is 1. The number of carbonyl (C=O) groups is 1. The topological polar surface area (TPSA) is 75.8 Å². The van der Waals surface area contributed by atoms with Gasteiger partial charge in [0.2, 0.25) is 0 Å². The quantitative estimate of drug-likeness (QED) is 0.874. The number of rotatable bonds is 5. The van der Waals surface area contributed by atoms with Crippen LogP contribution in [0.25, 0.3) is 0 Å². The van der Waals surface area contributed by atoms with Crippen LogP contribution in [0.1, 0.15) is 46.2 Å². The molecular formula is C16H25FN2O3. The maximum Gasteiger partial charge on any atom is 0.407 e. The second-order valence-electron chi connectivity index (χ2n) is 6.46. The van der Waals surface area contributed by atoms with Gasteiger partial charge in [0.15, 0.2) is 0 Å². The zero-order valence-electron chi connectivity index (χ0n) is 13.8. The normalized spacial score (nSPS) is 14.3. The zero-order valence-corrected chi connectivity index (χ0v) is 13.8. The predicted molar refractivity (Wildman–Crippen MR) is 83.6 cm³/mol. The molecule has 0 radical (unpaired) electrons. The van der Waals surface area contributed by atoms with Crippen molar-refractivity contribution in [1.29, 1.82) is 0 Å². The van der Waals surface area contributed by atoms with Crippen LogP contribution in [0.3, 0.4) is 0 Å². The van der Waals surface area contributed by atoms with Crippen molar-refractivity contribution < 1.29 is 19.0 Å². The van der Waals surface area contributed by atoms with Crippen LogP contribution in [-0.4, -0.2) is 34.3 Å². The minimum absolute atomic E-state index is 0.203. The van der Waals surface area contributed by atoms with Gasteiger partial charge in [-0.15, -0.1) is 0 Å². The van der Waals surface area contributed by atoms with Crippen molar-refractivity contribution in [2.75, 3.05) is 6.54 Å². The number of hydrogen-bond acceptors (Lipinski definition) is 3. The van der Waals surface area contributed by atoms with Gasteiger partial charge in [-0.25, -0.2) is 9.18 Å². The third kappa shape index (κ3) is 4.87. The molecule has 3 N–H and O–H groups in total. The summed E-state index contributed by atoms with van der Waals surface area (Å²) < 4.78 is 19.1. The Morgan fingerprint density at radius 1 is 1.41 bits per heavy atom. The van der Waals surface area contributed by atoms with Crippen LogP contribution in [0.5, 0.6) is 5.75 Å². The first-order valence-electron chi connectivity index (χ1n) is 7.24. The first kappa shape index (κ1) is 18.2. The molecule has 124 valence electrons. The van der Waals surface area contributed by atoms with Crippen LogP contribution < -0.4 is 10.5 Å². The number of nitrogens with two attached hydrogens (primary N) is 1. The highest BCUT2D eigenvalue weighted by Gasteiger charge is 2.28.